The Balaban J connectivity index is 1.48. The average Bonchev–Trinajstić information content (AvgIpc) is 3.14. The Morgan fingerprint density at radius 2 is 1.75 bits per heavy atom. The lowest BCUT2D eigenvalue weighted by atomic mass is 10.0. The summed E-state index contributed by atoms with van der Waals surface area (Å²) in [6.07, 6.45) is 11.2. The zero-order valence-corrected chi connectivity index (χ0v) is 10.9. The van der Waals surface area contributed by atoms with Gasteiger partial charge in [0.2, 0.25) is 0 Å². The minimum absolute atomic E-state index is 0.816. The fraction of sp³-hybridized carbons (Fsp3) is 1.00. The second-order valence-corrected chi connectivity index (χ2v) is 5.56. The molecule has 0 atom stereocenters. The molecule has 2 heteroatoms. The number of hydrogen-bond donors (Lipinski definition) is 1. The summed E-state index contributed by atoms with van der Waals surface area (Å²) in [5.74, 6) is 0. The summed E-state index contributed by atoms with van der Waals surface area (Å²) in [5, 5.41) is 3.73. The van der Waals surface area contributed by atoms with E-state index in [4.69, 9.17) is 0 Å². The summed E-state index contributed by atoms with van der Waals surface area (Å²) < 4.78 is 0. The van der Waals surface area contributed by atoms with Crippen LogP contribution in [0.1, 0.15) is 58.3 Å². The van der Waals surface area contributed by atoms with Crippen molar-refractivity contribution in [3.05, 3.63) is 0 Å². The van der Waals surface area contributed by atoms with Gasteiger partial charge in [-0.25, -0.2) is 0 Å². The summed E-state index contributed by atoms with van der Waals surface area (Å²) in [5.41, 5.74) is 0. The second kappa shape index (κ2) is 6.61. The predicted octanol–water partition coefficient (Wildman–Crippen LogP) is 2.78. The maximum Gasteiger partial charge on any atom is 0.00964 e. The molecule has 2 rings (SSSR count). The van der Waals surface area contributed by atoms with Crippen LogP contribution in [0.15, 0.2) is 0 Å². The molecule has 1 aliphatic heterocycles. The molecule has 0 unspecified atom stereocenters. The molecule has 0 aromatic rings. The first-order chi connectivity index (χ1) is 7.90. The van der Waals surface area contributed by atoms with Crippen LogP contribution in [0.2, 0.25) is 0 Å². The molecule has 0 spiro atoms. The molecular formula is C14H28N2. The minimum Gasteiger partial charge on any atom is -0.314 e. The van der Waals surface area contributed by atoms with E-state index in [0.717, 1.165) is 12.1 Å². The van der Waals surface area contributed by atoms with Crippen LogP contribution >= 0.6 is 0 Å². The number of piperidine rings is 1. The molecule has 2 aliphatic rings. The topological polar surface area (TPSA) is 15.3 Å². The molecule has 0 amide bonds. The summed E-state index contributed by atoms with van der Waals surface area (Å²) in [6, 6.07) is 1.79. The van der Waals surface area contributed by atoms with Crippen molar-refractivity contribution in [2.75, 3.05) is 19.6 Å². The quantitative estimate of drug-likeness (QED) is 0.669. The van der Waals surface area contributed by atoms with Gasteiger partial charge in [-0.3, -0.25) is 0 Å². The third kappa shape index (κ3) is 4.06. The normalized spacial score (nSPS) is 23.8. The van der Waals surface area contributed by atoms with Gasteiger partial charge in [-0.2, -0.15) is 0 Å². The molecule has 0 radical (unpaired) electrons. The first kappa shape index (κ1) is 12.4. The van der Waals surface area contributed by atoms with Gasteiger partial charge in [0, 0.05) is 12.1 Å². The Morgan fingerprint density at radius 1 is 1.00 bits per heavy atom. The van der Waals surface area contributed by atoms with E-state index >= 15 is 0 Å². The van der Waals surface area contributed by atoms with E-state index < -0.39 is 0 Å². The summed E-state index contributed by atoms with van der Waals surface area (Å²) in [6.45, 7) is 6.21. The standard InChI is InChI=1S/C14H28N2/c1-2-3-4-5-10-15-13-8-11-16(12-9-13)14-6-7-14/h13-15H,2-12H2,1H3. The highest BCUT2D eigenvalue weighted by atomic mass is 15.2. The van der Waals surface area contributed by atoms with E-state index in [1.165, 1.54) is 71.0 Å². The summed E-state index contributed by atoms with van der Waals surface area (Å²) in [7, 11) is 0. The van der Waals surface area contributed by atoms with Crippen molar-refractivity contribution in [3.8, 4) is 0 Å². The Bertz CT molecular complexity index is 181. The zero-order chi connectivity index (χ0) is 11.2. The van der Waals surface area contributed by atoms with Crippen LogP contribution < -0.4 is 5.32 Å². The maximum absolute atomic E-state index is 3.73. The first-order valence-corrected chi connectivity index (χ1v) is 7.37. The number of rotatable bonds is 7. The van der Waals surface area contributed by atoms with Gasteiger partial charge in [0.1, 0.15) is 0 Å². The Hall–Kier alpha value is -0.0800. The van der Waals surface area contributed by atoms with E-state index in [1.807, 2.05) is 0 Å². The van der Waals surface area contributed by atoms with Crippen molar-refractivity contribution in [1.82, 2.24) is 10.2 Å². The van der Waals surface area contributed by atoms with E-state index in [9.17, 15) is 0 Å². The van der Waals surface area contributed by atoms with Gasteiger partial charge in [-0.1, -0.05) is 26.2 Å². The molecule has 2 fully saturated rings. The van der Waals surface area contributed by atoms with Crippen molar-refractivity contribution in [2.24, 2.45) is 0 Å². The highest BCUT2D eigenvalue weighted by Gasteiger charge is 2.31. The molecule has 1 saturated heterocycles. The SMILES string of the molecule is CCCCCCNC1CCN(C2CC2)CC1. The fourth-order valence-electron chi connectivity index (χ4n) is 2.77. The Morgan fingerprint density at radius 3 is 2.38 bits per heavy atom. The molecule has 16 heavy (non-hydrogen) atoms. The van der Waals surface area contributed by atoms with Crippen LogP contribution in [0, 0.1) is 0 Å². The van der Waals surface area contributed by atoms with Gasteiger partial charge in [-0.05, 0) is 51.7 Å². The Labute approximate surface area is 101 Å². The molecule has 1 N–H and O–H groups in total. The maximum atomic E-state index is 3.73. The molecule has 0 aromatic carbocycles. The highest BCUT2D eigenvalue weighted by Crippen LogP contribution is 2.29. The molecule has 2 nitrogen and oxygen atoms in total. The monoisotopic (exact) mass is 224 g/mol. The number of nitrogens with one attached hydrogen (secondary N) is 1. The molecule has 94 valence electrons. The lowest BCUT2D eigenvalue weighted by Crippen LogP contribution is -2.43. The highest BCUT2D eigenvalue weighted by molar-refractivity contribution is 4.88. The fourth-order valence-corrected chi connectivity index (χ4v) is 2.77. The van der Waals surface area contributed by atoms with Crippen LogP contribution in [0.5, 0.6) is 0 Å². The third-order valence-electron chi connectivity index (χ3n) is 4.06. The van der Waals surface area contributed by atoms with E-state index in [2.05, 4.69) is 17.1 Å². The lowest BCUT2D eigenvalue weighted by molar-refractivity contribution is 0.189. The van der Waals surface area contributed by atoms with Gasteiger partial charge in [0.25, 0.3) is 0 Å². The lowest BCUT2D eigenvalue weighted by Gasteiger charge is -2.32. The molecule has 0 bridgehead atoms. The third-order valence-corrected chi connectivity index (χ3v) is 4.06. The van der Waals surface area contributed by atoms with Gasteiger partial charge in [0.05, 0.1) is 0 Å². The van der Waals surface area contributed by atoms with Crippen LogP contribution in [0.3, 0.4) is 0 Å². The van der Waals surface area contributed by atoms with Crippen molar-refractivity contribution >= 4 is 0 Å². The van der Waals surface area contributed by atoms with Crippen LogP contribution in [-0.4, -0.2) is 36.6 Å². The molecule has 1 heterocycles. The van der Waals surface area contributed by atoms with Crippen LogP contribution in [0.25, 0.3) is 0 Å². The van der Waals surface area contributed by atoms with E-state index in [0.29, 0.717) is 0 Å². The second-order valence-electron chi connectivity index (χ2n) is 5.56. The van der Waals surface area contributed by atoms with Crippen LogP contribution in [0.4, 0.5) is 0 Å². The number of nitrogens with zero attached hydrogens (tertiary/aromatic N) is 1. The number of hydrogen-bond acceptors (Lipinski definition) is 2. The number of likely N-dealkylation sites (tertiary alicyclic amines) is 1. The summed E-state index contributed by atoms with van der Waals surface area (Å²) >= 11 is 0. The molecular weight excluding hydrogens is 196 g/mol. The average molecular weight is 224 g/mol. The minimum atomic E-state index is 0.816. The van der Waals surface area contributed by atoms with Gasteiger partial charge in [0.15, 0.2) is 0 Å². The van der Waals surface area contributed by atoms with E-state index in [1.54, 1.807) is 0 Å². The van der Waals surface area contributed by atoms with Crippen molar-refractivity contribution in [3.63, 3.8) is 0 Å². The molecule has 0 aromatic heterocycles. The van der Waals surface area contributed by atoms with Gasteiger partial charge < -0.3 is 10.2 Å². The van der Waals surface area contributed by atoms with Crippen LogP contribution in [-0.2, 0) is 0 Å². The van der Waals surface area contributed by atoms with E-state index in [-0.39, 0.29) is 0 Å². The Kier molecular flexibility index (Phi) is 5.11. The van der Waals surface area contributed by atoms with Gasteiger partial charge >= 0.3 is 0 Å². The predicted molar refractivity (Wildman–Crippen MR) is 69.8 cm³/mol. The van der Waals surface area contributed by atoms with Crippen molar-refractivity contribution in [1.29, 1.82) is 0 Å². The first-order valence-electron chi connectivity index (χ1n) is 7.37. The molecule has 1 saturated carbocycles. The van der Waals surface area contributed by atoms with Crippen molar-refractivity contribution < 1.29 is 0 Å². The number of unbranched alkanes of at least 4 members (excludes halogenated alkanes) is 3. The van der Waals surface area contributed by atoms with Gasteiger partial charge in [-0.15, -0.1) is 0 Å². The zero-order valence-electron chi connectivity index (χ0n) is 10.9. The smallest absolute Gasteiger partial charge is 0.00964 e. The molecule has 1 aliphatic carbocycles. The largest absolute Gasteiger partial charge is 0.314 e. The van der Waals surface area contributed by atoms with Crippen molar-refractivity contribution in [2.45, 2.75) is 70.4 Å². The summed E-state index contributed by atoms with van der Waals surface area (Å²) in [4.78, 5) is 2.70.